The lowest BCUT2D eigenvalue weighted by molar-refractivity contribution is 0.0696. The molecule has 0 unspecified atom stereocenters. The summed E-state index contributed by atoms with van der Waals surface area (Å²) in [5.41, 5.74) is 1.09. The average molecular weight is 220 g/mol. The molecule has 0 bridgehead atoms. The van der Waals surface area contributed by atoms with Crippen LogP contribution < -0.4 is 0 Å². The molecule has 2 rings (SSSR count). The number of aromatic carboxylic acids is 1. The van der Waals surface area contributed by atoms with E-state index in [1.807, 2.05) is 0 Å². The first-order valence-corrected chi connectivity index (χ1v) is 4.63. The first-order valence-electron chi connectivity index (χ1n) is 4.63. The number of hydrogen-bond donors (Lipinski definition) is 1. The van der Waals surface area contributed by atoms with E-state index >= 15 is 0 Å². The standard InChI is InChI=1S/C11H9FN2O2/c1-7-10(11(15)16)6-13-14(7)9-4-2-3-8(12)5-9/h2-6H,1H3,(H,15,16). The summed E-state index contributed by atoms with van der Waals surface area (Å²) in [5.74, 6) is -1.43. The minimum Gasteiger partial charge on any atom is -0.478 e. The first kappa shape index (κ1) is 10.4. The van der Waals surface area contributed by atoms with Crippen LogP contribution in [0.3, 0.4) is 0 Å². The topological polar surface area (TPSA) is 55.1 Å². The molecule has 1 aromatic carbocycles. The van der Waals surface area contributed by atoms with Gasteiger partial charge < -0.3 is 5.11 Å². The normalized spacial score (nSPS) is 10.4. The highest BCUT2D eigenvalue weighted by Gasteiger charge is 2.13. The Balaban J connectivity index is 2.53. The highest BCUT2D eigenvalue weighted by atomic mass is 19.1. The van der Waals surface area contributed by atoms with Gasteiger partial charge in [0.15, 0.2) is 0 Å². The third kappa shape index (κ3) is 1.67. The van der Waals surface area contributed by atoms with E-state index in [1.165, 1.54) is 23.0 Å². The molecule has 0 aliphatic heterocycles. The fourth-order valence-corrected chi connectivity index (χ4v) is 1.49. The van der Waals surface area contributed by atoms with Crippen LogP contribution in [0, 0.1) is 12.7 Å². The molecule has 1 N–H and O–H groups in total. The molecular formula is C11H9FN2O2. The third-order valence-electron chi connectivity index (χ3n) is 2.29. The summed E-state index contributed by atoms with van der Waals surface area (Å²) in [6.07, 6.45) is 1.25. The van der Waals surface area contributed by atoms with Crippen LogP contribution in [0.15, 0.2) is 30.5 Å². The van der Waals surface area contributed by atoms with Gasteiger partial charge in [0, 0.05) is 0 Å². The molecular weight excluding hydrogens is 211 g/mol. The quantitative estimate of drug-likeness (QED) is 0.842. The second kappa shape index (κ2) is 3.77. The van der Waals surface area contributed by atoms with Gasteiger partial charge in [0.25, 0.3) is 0 Å². The van der Waals surface area contributed by atoms with E-state index in [9.17, 15) is 9.18 Å². The van der Waals surface area contributed by atoms with Crippen LogP contribution in [0.25, 0.3) is 5.69 Å². The maximum Gasteiger partial charge on any atom is 0.339 e. The summed E-state index contributed by atoms with van der Waals surface area (Å²) in [4.78, 5) is 10.8. The van der Waals surface area contributed by atoms with E-state index < -0.39 is 5.97 Å². The minimum atomic E-state index is -1.04. The van der Waals surface area contributed by atoms with E-state index in [0.717, 1.165) is 0 Å². The lowest BCUT2D eigenvalue weighted by atomic mass is 10.2. The van der Waals surface area contributed by atoms with Crippen LogP contribution in [-0.2, 0) is 0 Å². The smallest absolute Gasteiger partial charge is 0.339 e. The summed E-state index contributed by atoms with van der Waals surface area (Å²) < 4.78 is 14.4. The van der Waals surface area contributed by atoms with Gasteiger partial charge in [0.1, 0.15) is 11.4 Å². The van der Waals surface area contributed by atoms with Gasteiger partial charge >= 0.3 is 5.97 Å². The molecule has 0 saturated heterocycles. The molecule has 0 spiro atoms. The predicted octanol–water partition coefficient (Wildman–Crippen LogP) is 2.02. The lowest BCUT2D eigenvalue weighted by Crippen LogP contribution is -2.02. The van der Waals surface area contributed by atoms with E-state index in [4.69, 9.17) is 5.11 Å². The van der Waals surface area contributed by atoms with Crippen LogP contribution in [0.2, 0.25) is 0 Å². The van der Waals surface area contributed by atoms with E-state index in [1.54, 1.807) is 19.1 Å². The lowest BCUT2D eigenvalue weighted by Gasteiger charge is -2.04. The fourth-order valence-electron chi connectivity index (χ4n) is 1.49. The molecule has 0 aliphatic carbocycles. The van der Waals surface area contributed by atoms with Crippen molar-refractivity contribution in [3.8, 4) is 5.69 Å². The van der Waals surface area contributed by atoms with Crippen LogP contribution in [0.4, 0.5) is 4.39 Å². The largest absolute Gasteiger partial charge is 0.478 e. The Morgan fingerprint density at radius 2 is 2.25 bits per heavy atom. The Kier molecular flexibility index (Phi) is 2.44. The number of hydrogen-bond acceptors (Lipinski definition) is 2. The summed E-state index contributed by atoms with van der Waals surface area (Å²) in [6, 6.07) is 5.83. The van der Waals surface area contributed by atoms with Crippen molar-refractivity contribution in [3.05, 3.63) is 47.5 Å². The van der Waals surface area contributed by atoms with Gasteiger partial charge in [-0.1, -0.05) is 6.07 Å². The zero-order valence-electron chi connectivity index (χ0n) is 8.51. The Morgan fingerprint density at radius 1 is 1.50 bits per heavy atom. The Bertz CT molecular complexity index is 549. The molecule has 0 amide bonds. The Labute approximate surface area is 90.9 Å². The highest BCUT2D eigenvalue weighted by molar-refractivity contribution is 5.88. The number of carbonyl (C=O) groups is 1. The summed E-state index contributed by atoms with van der Waals surface area (Å²) in [7, 11) is 0. The van der Waals surface area contributed by atoms with Crippen molar-refractivity contribution in [1.29, 1.82) is 0 Å². The van der Waals surface area contributed by atoms with Crippen LogP contribution in [-0.4, -0.2) is 20.9 Å². The number of nitrogens with zero attached hydrogens (tertiary/aromatic N) is 2. The number of halogens is 1. The van der Waals surface area contributed by atoms with Crippen molar-refractivity contribution in [2.45, 2.75) is 6.92 Å². The highest BCUT2D eigenvalue weighted by Crippen LogP contribution is 2.14. The first-order chi connectivity index (χ1) is 7.59. The van der Waals surface area contributed by atoms with Crippen molar-refractivity contribution >= 4 is 5.97 Å². The van der Waals surface area contributed by atoms with E-state index in [2.05, 4.69) is 5.10 Å². The molecule has 2 aromatic rings. The molecule has 82 valence electrons. The second-order valence-corrected chi connectivity index (χ2v) is 3.34. The van der Waals surface area contributed by atoms with Crippen molar-refractivity contribution in [2.24, 2.45) is 0 Å². The maximum absolute atomic E-state index is 13.0. The third-order valence-corrected chi connectivity index (χ3v) is 2.29. The van der Waals surface area contributed by atoms with E-state index in [0.29, 0.717) is 11.4 Å². The van der Waals surface area contributed by atoms with Gasteiger partial charge in [-0.2, -0.15) is 5.10 Å². The van der Waals surface area contributed by atoms with E-state index in [-0.39, 0.29) is 11.4 Å². The number of carboxylic acid groups (broad SMARTS) is 1. The Hall–Kier alpha value is -2.17. The van der Waals surface area contributed by atoms with Crippen molar-refractivity contribution in [1.82, 2.24) is 9.78 Å². The van der Waals surface area contributed by atoms with Gasteiger partial charge in [-0.25, -0.2) is 13.9 Å². The molecule has 5 heteroatoms. The fraction of sp³-hybridized carbons (Fsp3) is 0.0909. The monoisotopic (exact) mass is 220 g/mol. The molecule has 0 aliphatic rings. The van der Waals surface area contributed by atoms with Gasteiger partial charge in [-0.15, -0.1) is 0 Å². The van der Waals surface area contributed by atoms with Crippen molar-refractivity contribution in [3.63, 3.8) is 0 Å². The van der Waals surface area contributed by atoms with Gasteiger partial charge in [-0.05, 0) is 25.1 Å². The molecule has 4 nitrogen and oxygen atoms in total. The second-order valence-electron chi connectivity index (χ2n) is 3.34. The number of carboxylic acids is 1. The Morgan fingerprint density at radius 3 is 2.81 bits per heavy atom. The maximum atomic E-state index is 13.0. The molecule has 16 heavy (non-hydrogen) atoms. The number of benzene rings is 1. The molecule has 0 fully saturated rings. The molecule has 1 aromatic heterocycles. The zero-order valence-corrected chi connectivity index (χ0v) is 8.51. The molecule has 0 radical (unpaired) electrons. The molecule has 1 heterocycles. The SMILES string of the molecule is Cc1c(C(=O)O)cnn1-c1cccc(F)c1. The van der Waals surface area contributed by atoms with Crippen molar-refractivity contribution < 1.29 is 14.3 Å². The molecule has 0 saturated carbocycles. The van der Waals surface area contributed by atoms with Gasteiger partial charge in [0.2, 0.25) is 0 Å². The number of aromatic nitrogens is 2. The summed E-state index contributed by atoms with van der Waals surface area (Å²) in [5, 5.41) is 12.8. The number of rotatable bonds is 2. The average Bonchev–Trinajstić information content (AvgIpc) is 2.60. The molecule has 0 atom stereocenters. The summed E-state index contributed by atoms with van der Waals surface area (Å²) >= 11 is 0. The minimum absolute atomic E-state index is 0.115. The predicted molar refractivity (Wildman–Crippen MR) is 55.2 cm³/mol. The van der Waals surface area contributed by atoms with Crippen LogP contribution in [0.1, 0.15) is 16.1 Å². The zero-order chi connectivity index (χ0) is 11.7. The van der Waals surface area contributed by atoms with Gasteiger partial charge in [-0.3, -0.25) is 0 Å². The van der Waals surface area contributed by atoms with Crippen LogP contribution in [0.5, 0.6) is 0 Å². The summed E-state index contributed by atoms with van der Waals surface area (Å²) in [6.45, 7) is 1.63. The van der Waals surface area contributed by atoms with Crippen molar-refractivity contribution in [2.75, 3.05) is 0 Å². The van der Waals surface area contributed by atoms with Gasteiger partial charge in [0.05, 0.1) is 17.6 Å². The van der Waals surface area contributed by atoms with Crippen LogP contribution >= 0.6 is 0 Å².